The molecule has 0 amide bonds. The maximum absolute atomic E-state index is 14.1. The number of benzene rings is 1. The Morgan fingerprint density at radius 3 is 2.54 bits per heavy atom. The third-order valence-corrected chi connectivity index (χ3v) is 5.98. The van der Waals surface area contributed by atoms with Crippen LogP contribution in [0, 0.1) is 18.6 Å². The van der Waals surface area contributed by atoms with E-state index in [-0.39, 0.29) is 10.6 Å². The Balaban J connectivity index is 1.65. The number of aromatic nitrogens is 2. The SMILES string of the molecule is Cc1cc(S(C)(=O)=O)ncc1N1CCc2[nH]c(-c3c(F)cccc3F)cc2C1. The molecule has 0 saturated heterocycles. The molecular weight excluding hydrogens is 384 g/mol. The molecule has 0 spiro atoms. The predicted molar refractivity (Wildman–Crippen MR) is 103 cm³/mol. The van der Waals surface area contributed by atoms with Crippen LogP contribution in [-0.2, 0) is 22.8 Å². The first kappa shape index (κ1) is 18.6. The maximum atomic E-state index is 14.1. The number of rotatable bonds is 3. The number of halogens is 2. The quantitative estimate of drug-likeness (QED) is 0.725. The van der Waals surface area contributed by atoms with Crippen LogP contribution in [-0.4, -0.2) is 31.2 Å². The predicted octanol–water partition coefficient (Wildman–Crippen LogP) is 3.63. The van der Waals surface area contributed by atoms with Crippen LogP contribution in [0.1, 0.15) is 16.8 Å². The fraction of sp³-hybridized carbons (Fsp3) is 0.250. The first-order valence-electron chi connectivity index (χ1n) is 8.81. The van der Waals surface area contributed by atoms with Crippen LogP contribution in [0.25, 0.3) is 11.3 Å². The van der Waals surface area contributed by atoms with Gasteiger partial charge in [0, 0.05) is 31.5 Å². The summed E-state index contributed by atoms with van der Waals surface area (Å²) in [5.41, 5.74) is 3.93. The molecule has 1 aromatic carbocycles. The lowest BCUT2D eigenvalue weighted by Crippen LogP contribution is -2.30. The summed E-state index contributed by atoms with van der Waals surface area (Å²) in [7, 11) is -3.36. The standard InChI is InChI=1S/C20H19F2N3O2S/c1-12-8-19(28(2,26)27)23-10-18(12)25-7-6-16-13(11-25)9-17(24-16)20-14(21)4-3-5-15(20)22/h3-5,8-10,24H,6-7,11H2,1-2H3. The van der Waals surface area contributed by atoms with Crippen LogP contribution in [0.15, 0.2) is 41.6 Å². The van der Waals surface area contributed by atoms with Gasteiger partial charge in [0.1, 0.15) is 11.6 Å². The molecule has 5 nitrogen and oxygen atoms in total. The van der Waals surface area contributed by atoms with Crippen LogP contribution in [0.5, 0.6) is 0 Å². The lowest BCUT2D eigenvalue weighted by molar-refractivity contribution is 0.588. The zero-order valence-electron chi connectivity index (χ0n) is 15.5. The second-order valence-electron chi connectivity index (χ2n) is 7.04. The lowest BCUT2D eigenvalue weighted by Gasteiger charge is -2.30. The van der Waals surface area contributed by atoms with E-state index in [1.165, 1.54) is 18.2 Å². The molecule has 4 rings (SSSR count). The van der Waals surface area contributed by atoms with Crippen molar-refractivity contribution in [2.45, 2.75) is 24.9 Å². The normalized spacial score (nSPS) is 14.2. The van der Waals surface area contributed by atoms with E-state index in [0.717, 1.165) is 28.8 Å². The van der Waals surface area contributed by atoms with Gasteiger partial charge in [0.15, 0.2) is 14.9 Å². The van der Waals surface area contributed by atoms with Crippen LogP contribution >= 0.6 is 0 Å². The number of fused-ring (bicyclic) bond motifs is 1. The number of hydrogen-bond acceptors (Lipinski definition) is 4. The van der Waals surface area contributed by atoms with Gasteiger partial charge in [-0.25, -0.2) is 22.2 Å². The molecule has 1 aliphatic heterocycles. The Labute approximate surface area is 162 Å². The van der Waals surface area contributed by atoms with Crippen molar-refractivity contribution in [3.8, 4) is 11.3 Å². The number of H-pyrrole nitrogens is 1. The highest BCUT2D eigenvalue weighted by molar-refractivity contribution is 7.90. The molecule has 1 aliphatic rings. The lowest BCUT2D eigenvalue weighted by atomic mass is 10.1. The number of sulfone groups is 1. The molecule has 0 atom stereocenters. The minimum atomic E-state index is -3.36. The molecule has 0 saturated carbocycles. The minimum absolute atomic E-state index is 0.0467. The van der Waals surface area contributed by atoms with E-state index in [1.54, 1.807) is 18.3 Å². The van der Waals surface area contributed by atoms with Gasteiger partial charge in [-0.3, -0.25) is 0 Å². The molecule has 8 heteroatoms. The molecule has 1 N–H and O–H groups in total. The highest BCUT2D eigenvalue weighted by Crippen LogP contribution is 2.32. The fourth-order valence-electron chi connectivity index (χ4n) is 3.59. The van der Waals surface area contributed by atoms with Crippen molar-refractivity contribution < 1.29 is 17.2 Å². The molecule has 146 valence electrons. The number of nitrogens with zero attached hydrogens (tertiary/aromatic N) is 2. The van der Waals surface area contributed by atoms with Crippen LogP contribution in [0.4, 0.5) is 14.5 Å². The molecule has 0 bridgehead atoms. The smallest absolute Gasteiger partial charge is 0.192 e. The Morgan fingerprint density at radius 1 is 1.18 bits per heavy atom. The van der Waals surface area contributed by atoms with Crippen molar-refractivity contribution in [3.05, 3.63) is 65.0 Å². The van der Waals surface area contributed by atoms with Gasteiger partial charge < -0.3 is 9.88 Å². The number of aromatic amines is 1. The van der Waals surface area contributed by atoms with E-state index in [0.29, 0.717) is 25.2 Å². The van der Waals surface area contributed by atoms with Crippen LogP contribution < -0.4 is 4.90 Å². The second-order valence-corrected chi connectivity index (χ2v) is 9.00. The molecule has 3 heterocycles. The number of pyridine rings is 1. The minimum Gasteiger partial charge on any atom is -0.365 e. The molecule has 2 aromatic heterocycles. The summed E-state index contributed by atoms with van der Waals surface area (Å²) in [6.07, 6.45) is 3.38. The number of hydrogen-bond donors (Lipinski definition) is 1. The molecular formula is C20H19F2N3O2S. The summed E-state index contributed by atoms with van der Waals surface area (Å²) in [4.78, 5) is 9.32. The summed E-state index contributed by atoms with van der Waals surface area (Å²) in [5.74, 6) is -1.21. The van der Waals surface area contributed by atoms with Gasteiger partial charge in [-0.1, -0.05) is 6.07 Å². The topological polar surface area (TPSA) is 66.1 Å². The first-order chi connectivity index (χ1) is 13.2. The monoisotopic (exact) mass is 403 g/mol. The Kier molecular flexibility index (Phi) is 4.45. The molecule has 0 radical (unpaired) electrons. The van der Waals surface area contributed by atoms with Crippen molar-refractivity contribution in [1.29, 1.82) is 0 Å². The molecule has 0 aliphatic carbocycles. The summed E-state index contributed by atoms with van der Waals surface area (Å²) < 4.78 is 51.6. The van der Waals surface area contributed by atoms with Crippen LogP contribution in [0.2, 0.25) is 0 Å². The van der Waals surface area contributed by atoms with Gasteiger partial charge in [-0.05, 0) is 42.3 Å². The largest absolute Gasteiger partial charge is 0.365 e. The Bertz CT molecular complexity index is 1150. The zero-order valence-corrected chi connectivity index (χ0v) is 16.3. The number of anilines is 1. The van der Waals surface area contributed by atoms with Crippen molar-refractivity contribution in [2.75, 3.05) is 17.7 Å². The van der Waals surface area contributed by atoms with Crippen molar-refractivity contribution in [1.82, 2.24) is 9.97 Å². The van der Waals surface area contributed by atoms with Gasteiger partial charge >= 0.3 is 0 Å². The van der Waals surface area contributed by atoms with Gasteiger partial charge in [-0.15, -0.1) is 0 Å². The molecule has 0 unspecified atom stereocenters. The van der Waals surface area contributed by atoms with E-state index >= 15 is 0 Å². The molecule has 0 fully saturated rings. The highest BCUT2D eigenvalue weighted by Gasteiger charge is 2.23. The fourth-order valence-corrected chi connectivity index (χ4v) is 4.22. The van der Waals surface area contributed by atoms with E-state index in [4.69, 9.17) is 0 Å². The Hall–Kier alpha value is -2.74. The number of aryl methyl sites for hydroxylation is 1. The van der Waals surface area contributed by atoms with E-state index < -0.39 is 21.5 Å². The molecule has 3 aromatic rings. The van der Waals surface area contributed by atoms with Gasteiger partial charge in [0.05, 0.1) is 23.1 Å². The Morgan fingerprint density at radius 2 is 1.89 bits per heavy atom. The summed E-state index contributed by atoms with van der Waals surface area (Å²) in [5, 5.41) is 0.0467. The van der Waals surface area contributed by atoms with Gasteiger partial charge in [0.25, 0.3) is 0 Å². The van der Waals surface area contributed by atoms with E-state index in [2.05, 4.69) is 14.9 Å². The van der Waals surface area contributed by atoms with Crippen molar-refractivity contribution in [2.24, 2.45) is 0 Å². The summed E-state index contributed by atoms with van der Waals surface area (Å²) >= 11 is 0. The van der Waals surface area contributed by atoms with Crippen LogP contribution in [0.3, 0.4) is 0 Å². The number of nitrogens with one attached hydrogen (secondary N) is 1. The summed E-state index contributed by atoms with van der Waals surface area (Å²) in [6.45, 7) is 3.08. The third kappa shape index (κ3) is 3.28. The highest BCUT2D eigenvalue weighted by atomic mass is 32.2. The van der Waals surface area contributed by atoms with Crippen molar-refractivity contribution in [3.63, 3.8) is 0 Å². The van der Waals surface area contributed by atoms with Crippen molar-refractivity contribution >= 4 is 15.5 Å². The first-order valence-corrected chi connectivity index (χ1v) is 10.7. The average Bonchev–Trinajstić information content (AvgIpc) is 3.03. The zero-order chi connectivity index (χ0) is 20.1. The average molecular weight is 403 g/mol. The van der Waals surface area contributed by atoms with E-state index in [9.17, 15) is 17.2 Å². The maximum Gasteiger partial charge on any atom is 0.192 e. The second kappa shape index (κ2) is 6.70. The summed E-state index contributed by atoms with van der Waals surface area (Å²) in [6, 6.07) is 7.16. The molecule has 28 heavy (non-hydrogen) atoms. The third-order valence-electron chi connectivity index (χ3n) is 5.00. The van der Waals surface area contributed by atoms with Gasteiger partial charge in [-0.2, -0.15) is 0 Å². The van der Waals surface area contributed by atoms with E-state index in [1.807, 2.05) is 6.92 Å². The van der Waals surface area contributed by atoms with Gasteiger partial charge in [0.2, 0.25) is 0 Å².